The molecule has 0 radical (unpaired) electrons. The highest BCUT2D eigenvalue weighted by Gasteiger charge is 2.10. The first-order chi connectivity index (χ1) is 9.71. The summed E-state index contributed by atoms with van der Waals surface area (Å²) < 4.78 is 11.7. The molecule has 1 N–H and O–H groups in total. The highest BCUT2D eigenvalue weighted by Crippen LogP contribution is 2.38. The first-order valence-corrected chi connectivity index (χ1v) is 6.74. The monoisotopic (exact) mass is 288 g/mol. The van der Waals surface area contributed by atoms with Crippen LogP contribution >= 0.6 is 11.3 Å². The summed E-state index contributed by atoms with van der Waals surface area (Å²) in [7, 11) is 3.22. The van der Waals surface area contributed by atoms with Crippen molar-refractivity contribution in [2.75, 3.05) is 14.2 Å². The number of hydrogen-bond donors (Lipinski definition) is 1. The van der Waals surface area contributed by atoms with Crippen LogP contribution in [0.3, 0.4) is 0 Å². The molecule has 0 bridgehead atoms. The van der Waals surface area contributed by atoms with Crippen molar-refractivity contribution in [1.29, 1.82) is 0 Å². The van der Waals surface area contributed by atoms with Crippen molar-refractivity contribution in [3.8, 4) is 22.1 Å². The van der Waals surface area contributed by atoms with Crippen LogP contribution in [-0.4, -0.2) is 24.4 Å². The van der Waals surface area contributed by atoms with E-state index in [1.807, 2.05) is 18.2 Å². The first kappa shape index (κ1) is 12.7. The Morgan fingerprint density at radius 2 is 1.85 bits per heavy atom. The van der Waals surface area contributed by atoms with Gasteiger partial charge in [0.25, 0.3) is 5.56 Å². The average molecular weight is 288 g/mol. The number of nitrogens with zero attached hydrogens (tertiary/aromatic N) is 1. The average Bonchev–Trinajstić information content (AvgIpc) is 2.89. The molecule has 5 nitrogen and oxygen atoms in total. The summed E-state index contributed by atoms with van der Waals surface area (Å²) >= 11 is 1.58. The molecule has 3 rings (SSSR count). The minimum absolute atomic E-state index is 0.210. The summed E-state index contributed by atoms with van der Waals surface area (Å²) in [6, 6.07) is 9.06. The summed E-state index contributed by atoms with van der Waals surface area (Å²) in [6.45, 7) is 0. The predicted molar refractivity (Wildman–Crippen MR) is 78.8 cm³/mol. The van der Waals surface area contributed by atoms with Crippen LogP contribution in [0.1, 0.15) is 0 Å². The number of H-pyrrole nitrogens is 1. The smallest absolute Gasteiger partial charge is 0.264 e. The van der Waals surface area contributed by atoms with E-state index in [1.54, 1.807) is 31.6 Å². The van der Waals surface area contributed by atoms with Crippen LogP contribution in [-0.2, 0) is 0 Å². The summed E-state index contributed by atoms with van der Waals surface area (Å²) in [5.41, 5.74) is 0.530. The number of hydrogen-bond acceptors (Lipinski definition) is 5. The Morgan fingerprint density at radius 3 is 2.50 bits per heavy atom. The topological polar surface area (TPSA) is 64.2 Å². The number of thiophene rings is 1. The van der Waals surface area contributed by atoms with Crippen LogP contribution in [0.25, 0.3) is 20.7 Å². The van der Waals surface area contributed by atoms with Crippen LogP contribution in [0.15, 0.2) is 35.1 Å². The molecule has 0 fully saturated rings. The molecule has 0 aliphatic carbocycles. The second-order valence-corrected chi connectivity index (χ2v) is 5.25. The Balaban J connectivity index is 2.15. The zero-order valence-electron chi connectivity index (χ0n) is 11.0. The fraction of sp³-hybridized carbons (Fsp3) is 0.143. The van der Waals surface area contributed by atoms with Crippen molar-refractivity contribution in [3.05, 3.63) is 40.7 Å². The van der Waals surface area contributed by atoms with Gasteiger partial charge in [-0.2, -0.15) is 5.10 Å². The zero-order valence-corrected chi connectivity index (χ0v) is 11.8. The lowest BCUT2D eigenvalue weighted by atomic mass is 10.2. The second kappa shape index (κ2) is 4.97. The van der Waals surface area contributed by atoms with Gasteiger partial charge in [0.1, 0.15) is 5.69 Å². The van der Waals surface area contributed by atoms with Gasteiger partial charge in [0.05, 0.1) is 19.1 Å². The normalized spacial score (nSPS) is 10.7. The fourth-order valence-electron chi connectivity index (χ4n) is 1.97. The Bertz CT molecular complexity index is 761. The maximum Gasteiger partial charge on any atom is 0.264 e. The van der Waals surface area contributed by atoms with Crippen molar-refractivity contribution in [1.82, 2.24) is 10.2 Å². The van der Waals surface area contributed by atoms with Crippen molar-refractivity contribution in [3.63, 3.8) is 0 Å². The predicted octanol–water partition coefficient (Wildman–Crippen LogP) is 2.67. The third-order valence-electron chi connectivity index (χ3n) is 2.95. The van der Waals surface area contributed by atoms with Gasteiger partial charge in [0.2, 0.25) is 0 Å². The van der Waals surface area contributed by atoms with Crippen LogP contribution in [0, 0.1) is 0 Å². The molecule has 20 heavy (non-hydrogen) atoms. The molecule has 3 aromatic rings. The van der Waals surface area contributed by atoms with Gasteiger partial charge in [-0.25, -0.2) is 5.10 Å². The molecule has 0 spiro atoms. The van der Waals surface area contributed by atoms with Gasteiger partial charge < -0.3 is 9.47 Å². The molecule has 0 aliphatic heterocycles. The SMILES string of the molecule is COc1cc2cc(-c3ccc(=O)[nH]n3)sc2cc1OC. The van der Waals surface area contributed by atoms with E-state index >= 15 is 0 Å². The van der Waals surface area contributed by atoms with E-state index in [2.05, 4.69) is 10.2 Å². The third-order valence-corrected chi connectivity index (χ3v) is 4.07. The molecule has 0 unspecified atom stereocenters. The van der Waals surface area contributed by atoms with Crippen molar-refractivity contribution in [2.24, 2.45) is 0 Å². The third kappa shape index (κ3) is 2.14. The van der Waals surface area contributed by atoms with Crippen molar-refractivity contribution >= 4 is 21.4 Å². The molecule has 0 saturated carbocycles. The maximum atomic E-state index is 11.0. The summed E-state index contributed by atoms with van der Waals surface area (Å²) in [5, 5.41) is 7.53. The van der Waals surface area contributed by atoms with Crippen molar-refractivity contribution in [2.45, 2.75) is 0 Å². The maximum absolute atomic E-state index is 11.0. The van der Waals surface area contributed by atoms with Gasteiger partial charge in [-0.05, 0) is 23.6 Å². The Kier molecular flexibility index (Phi) is 3.15. The molecule has 0 aliphatic rings. The number of nitrogens with one attached hydrogen (secondary N) is 1. The quantitative estimate of drug-likeness (QED) is 0.804. The number of rotatable bonds is 3. The molecule has 1 aromatic carbocycles. The number of fused-ring (bicyclic) bond motifs is 1. The Morgan fingerprint density at radius 1 is 1.10 bits per heavy atom. The zero-order chi connectivity index (χ0) is 14.1. The first-order valence-electron chi connectivity index (χ1n) is 5.93. The molecule has 102 valence electrons. The van der Waals surface area contributed by atoms with Crippen LogP contribution in [0.2, 0.25) is 0 Å². The van der Waals surface area contributed by atoms with Gasteiger partial charge in [-0.3, -0.25) is 4.79 Å². The molecule has 2 heterocycles. The lowest BCUT2D eigenvalue weighted by Crippen LogP contribution is -2.04. The largest absolute Gasteiger partial charge is 0.493 e. The van der Waals surface area contributed by atoms with E-state index in [0.717, 1.165) is 20.7 Å². The molecule has 0 saturated heterocycles. The van der Waals surface area contributed by atoms with Gasteiger partial charge >= 0.3 is 0 Å². The second-order valence-electron chi connectivity index (χ2n) is 4.16. The van der Waals surface area contributed by atoms with Gasteiger partial charge in [0, 0.05) is 16.8 Å². The number of aromatic amines is 1. The van der Waals surface area contributed by atoms with E-state index in [9.17, 15) is 4.79 Å². The minimum atomic E-state index is -0.210. The van der Waals surface area contributed by atoms with E-state index in [0.29, 0.717) is 11.5 Å². The summed E-state index contributed by atoms with van der Waals surface area (Å²) in [5.74, 6) is 1.39. The Labute approximate surface area is 118 Å². The number of aromatic nitrogens is 2. The van der Waals surface area contributed by atoms with Gasteiger partial charge in [-0.15, -0.1) is 11.3 Å². The molecule has 6 heteroatoms. The minimum Gasteiger partial charge on any atom is -0.493 e. The molecule has 2 aromatic heterocycles. The van der Waals surface area contributed by atoms with Crippen molar-refractivity contribution < 1.29 is 9.47 Å². The summed E-state index contributed by atoms with van der Waals surface area (Å²) in [4.78, 5) is 12.0. The van der Waals surface area contributed by atoms with Crippen LogP contribution < -0.4 is 15.0 Å². The van der Waals surface area contributed by atoms with Gasteiger partial charge in [-0.1, -0.05) is 0 Å². The molecular formula is C14H12N2O3S. The number of benzene rings is 1. The van der Waals surface area contributed by atoms with E-state index < -0.39 is 0 Å². The van der Waals surface area contributed by atoms with Gasteiger partial charge in [0.15, 0.2) is 11.5 Å². The lowest BCUT2D eigenvalue weighted by Gasteiger charge is -2.06. The highest BCUT2D eigenvalue weighted by atomic mass is 32.1. The molecular weight excluding hydrogens is 276 g/mol. The lowest BCUT2D eigenvalue weighted by molar-refractivity contribution is 0.356. The standard InChI is InChI=1S/C14H12N2O3S/c1-18-10-5-8-6-13(9-3-4-14(17)16-15-9)20-12(8)7-11(10)19-2/h3-7H,1-2H3,(H,16,17). The number of methoxy groups -OCH3 is 2. The van der Waals surface area contributed by atoms with E-state index in [4.69, 9.17) is 9.47 Å². The molecule has 0 atom stereocenters. The van der Waals surface area contributed by atoms with Crippen LogP contribution in [0.4, 0.5) is 0 Å². The summed E-state index contributed by atoms with van der Waals surface area (Å²) in [6.07, 6.45) is 0. The van der Waals surface area contributed by atoms with E-state index in [1.165, 1.54) is 6.07 Å². The van der Waals surface area contributed by atoms with Crippen LogP contribution in [0.5, 0.6) is 11.5 Å². The fourth-order valence-corrected chi connectivity index (χ4v) is 3.02. The highest BCUT2D eigenvalue weighted by molar-refractivity contribution is 7.22. The molecule has 0 amide bonds. The Hall–Kier alpha value is -2.34. The number of ether oxygens (including phenoxy) is 2. The van der Waals surface area contributed by atoms with E-state index in [-0.39, 0.29) is 5.56 Å².